The van der Waals surface area contributed by atoms with Gasteiger partial charge in [-0.2, -0.15) is 10.2 Å². The van der Waals surface area contributed by atoms with Crippen LogP contribution in [0.25, 0.3) is 5.69 Å². The van der Waals surface area contributed by atoms with Gasteiger partial charge in [-0.15, -0.1) is 0 Å². The molecule has 0 saturated carbocycles. The summed E-state index contributed by atoms with van der Waals surface area (Å²) in [6.45, 7) is 10.1. The molecule has 128 valence electrons. The predicted molar refractivity (Wildman–Crippen MR) is 100 cm³/mol. The maximum Gasteiger partial charge on any atom is 0.0832 e. The molecular weight excluding hydrogens is 310 g/mol. The van der Waals surface area contributed by atoms with Gasteiger partial charge in [0.25, 0.3) is 0 Å². The van der Waals surface area contributed by atoms with Gasteiger partial charge in [0.1, 0.15) is 0 Å². The molecule has 25 heavy (non-hydrogen) atoms. The van der Waals surface area contributed by atoms with Crippen LogP contribution in [0.3, 0.4) is 0 Å². The van der Waals surface area contributed by atoms with E-state index in [0.29, 0.717) is 6.54 Å². The second-order valence-electron chi connectivity index (χ2n) is 6.70. The molecule has 1 aliphatic heterocycles. The van der Waals surface area contributed by atoms with Gasteiger partial charge in [-0.1, -0.05) is 24.3 Å². The highest BCUT2D eigenvalue weighted by atomic mass is 15.3. The Morgan fingerprint density at radius 1 is 1.16 bits per heavy atom. The summed E-state index contributed by atoms with van der Waals surface area (Å²) in [4.78, 5) is 2.29. The van der Waals surface area contributed by atoms with Crippen molar-refractivity contribution in [2.24, 2.45) is 0 Å². The van der Waals surface area contributed by atoms with E-state index in [1.807, 2.05) is 30.1 Å². The fraction of sp³-hybridized carbons (Fsp3) is 0.300. The van der Waals surface area contributed by atoms with E-state index >= 15 is 0 Å². The summed E-state index contributed by atoms with van der Waals surface area (Å²) >= 11 is 0. The van der Waals surface area contributed by atoms with E-state index in [2.05, 4.69) is 57.5 Å². The molecule has 0 amide bonds. The molecule has 3 aromatic rings. The zero-order valence-corrected chi connectivity index (χ0v) is 14.8. The molecular formula is C20H23N5. The van der Waals surface area contributed by atoms with Crippen LogP contribution in [0.4, 0.5) is 5.69 Å². The molecule has 3 heterocycles. The second kappa shape index (κ2) is 6.24. The van der Waals surface area contributed by atoms with Crippen LogP contribution in [-0.2, 0) is 13.0 Å². The lowest BCUT2D eigenvalue weighted by atomic mass is 10.1. The number of anilines is 1. The maximum atomic E-state index is 4.65. The molecule has 5 nitrogen and oxygen atoms in total. The summed E-state index contributed by atoms with van der Waals surface area (Å²) in [5.74, 6) is 0. The fourth-order valence-electron chi connectivity index (χ4n) is 3.41. The minimum Gasteiger partial charge on any atom is -0.341 e. The Morgan fingerprint density at radius 3 is 2.68 bits per heavy atom. The van der Waals surface area contributed by atoms with Crippen molar-refractivity contribution in [2.75, 3.05) is 11.4 Å². The Labute approximate surface area is 148 Å². The summed E-state index contributed by atoms with van der Waals surface area (Å²) in [5, 5.41) is 9.12. The van der Waals surface area contributed by atoms with Crippen LogP contribution < -0.4 is 4.90 Å². The number of aryl methyl sites for hydroxylation is 2. The standard InChI is InChI=1S/C20H23N5/c1-15-6-8-18(9-7-15)25-19-5-4-11-24(20(19)13-21-25)17(3)14-23-12-10-16(2)22-23/h6-10,12-13H,3-5,11,14H2,1-2H3. The number of fused-ring (bicyclic) bond motifs is 1. The first-order chi connectivity index (χ1) is 12.1. The molecule has 0 unspecified atom stereocenters. The molecule has 0 spiro atoms. The lowest BCUT2D eigenvalue weighted by molar-refractivity contribution is 0.627. The van der Waals surface area contributed by atoms with Crippen molar-refractivity contribution >= 4 is 5.69 Å². The molecule has 0 N–H and O–H groups in total. The zero-order valence-electron chi connectivity index (χ0n) is 14.8. The van der Waals surface area contributed by atoms with Crippen LogP contribution in [0, 0.1) is 13.8 Å². The highest BCUT2D eigenvalue weighted by molar-refractivity contribution is 5.58. The van der Waals surface area contributed by atoms with Gasteiger partial charge in [0.2, 0.25) is 0 Å². The quantitative estimate of drug-likeness (QED) is 0.731. The largest absolute Gasteiger partial charge is 0.341 e. The highest BCUT2D eigenvalue weighted by Crippen LogP contribution is 2.31. The minimum atomic E-state index is 0.697. The SMILES string of the molecule is C=C(Cn1ccc(C)n1)N1CCCc2c1cnn2-c1ccc(C)cc1. The molecule has 0 aliphatic carbocycles. The van der Waals surface area contributed by atoms with Gasteiger partial charge < -0.3 is 4.90 Å². The highest BCUT2D eigenvalue weighted by Gasteiger charge is 2.24. The zero-order chi connectivity index (χ0) is 17.4. The van der Waals surface area contributed by atoms with Crippen LogP contribution in [0.2, 0.25) is 0 Å². The number of hydrogen-bond acceptors (Lipinski definition) is 3. The van der Waals surface area contributed by atoms with E-state index in [1.165, 1.54) is 16.9 Å². The van der Waals surface area contributed by atoms with E-state index in [0.717, 1.165) is 36.5 Å². The van der Waals surface area contributed by atoms with E-state index in [4.69, 9.17) is 0 Å². The van der Waals surface area contributed by atoms with E-state index in [1.54, 1.807) is 0 Å². The van der Waals surface area contributed by atoms with Crippen LogP contribution >= 0.6 is 0 Å². The molecule has 1 aliphatic rings. The number of rotatable bonds is 4. The van der Waals surface area contributed by atoms with E-state index in [-0.39, 0.29) is 0 Å². The summed E-state index contributed by atoms with van der Waals surface area (Å²) in [5.41, 5.74) is 6.87. The van der Waals surface area contributed by atoms with Gasteiger partial charge in [-0.25, -0.2) is 4.68 Å². The normalized spacial score (nSPS) is 13.8. The summed E-state index contributed by atoms with van der Waals surface area (Å²) in [7, 11) is 0. The van der Waals surface area contributed by atoms with Crippen molar-refractivity contribution in [1.29, 1.82) is 0 Å². The second-order valence-corrected chi connectivity index (χ2v) is 6.70. The first kappa shape index (κ1) is 15.7. The summed E-state index contributed by atoms with van der Waals surface area (Å²) < 4.78 is 4.00. The third kappa shape index (κ3) is 2.97. The van der Waals surface area contributed by atoms with Crippen molar-refractivity contribution in [2.45, 2.75) is 33.2 Å². The summed E-state index contributed by atoms with van der Waals surface area (Å²) in [6, 6.07) is 10.5. The molecule has 4 rings (SSSR count). The van der Waals surface area contributed by atoms with Gasteiger partial charge >= 0.3 is 0 Å². The van der Waals surface area contributed by atoms with Crippen molar-refractivity contribution < 1.29 is 0 Å². The van der Waals surface area contributed by atoms with Crippen molar-refractivity contribution in [3.05, 3.63) is 72.0 Å². The molecule has 5 heteroatoms. The topological polar surface area (TPSA) is 38.9 Å². The van der Waals surface area contributed by atoms with Crippen LogP contribution in [0.1, 0.15) is 23.4 Å². The van der Waals surface area contributed by atoms with Crippen LogP contribution in [0.15, 0.2) is 55.0 Å². The average molecular weight is 333 g/mol. The molecule has 0 bridgehead atoms. The molecule has 0 fully saturated rings. The van der Waals surface area contributed by atoms with Crippen LogP contribution in [-0.4, -0.2) is 26.1 Å². The molecule has 0 saturated heterocycles. The Morgan fingerprint density at radius 2 is 1.96 bits per heavy atom. The Bertz CT molecular complexity index is 901. The average Bonchev–Trinajstić information content (AvgIpc) is 3.21. The number of hydrogen-bond donors (Lipinski definition) is 0. The maximum absolute atomic E-state index is 4.65. The van der Waals surface area contributed by atoms with Crippen LogP contribution in [0.5, 0.6) is 0 Å². The number of nitrogens with zero attached hydrogens (tertiary/aromatic N) is 5. The summed E-state index contributed by atoms with van der Waals surface area (Å²) in [6.07, 6.45) is 6.10. The molecule has 0 atom stereocenters. The first-order valence-electron chi connectivity index (χ1n) is 8.71. The molecule has 0 radical (unpaired) electrons. The minimum absolute atomic E-state index is 0.697. The Kier molecular flexibility index (Phi) is 3.92. The third-order valence-electron chi connectivity index (χ3n) is 4.71. The van der Waals surface area contributed by atoms with Crippen molar-refractivity contribution in [3.63, 3.8) is 0 Å². The van der Waals surface area contributed by atoms with Gasteiger partial charge in [0.15, 0.2) is 0 Å². The monoisotopic (exact) mass is 333 g/mol. The Hall–Kier alpha value is -2.82. The number of aromatic nitrogens is 4. The van der Waals surface area contributed by atoms with Gasteiger partial charge in [-0.3, -0.25) is 4.68 Å². The molecule has 1 aromatic carbocycles. The van der Waals surface area contributed by atoms with Gasteiger partial charge in [0.05, 0.1) is 35.5 Å². The fourth-order valence-corrected chi connectivity index (χ4v) is 3.41. The van der Waals surface area contributed by atoms with Crippen molar-refractivity contribution in [1.82, 2.24) is 19.6 Å². The Balaban J connectivity index is 1.62. The smallest absolute Gasteiger partial charge is 0.0832 e. The predicted octanol–water partition coefficient (Wildman–Crippen LogP) is 3.65. The lowest BCUT2D eigenvalue weighted by Gasteiger charge is -2.30. The lowest BCUT2D eigenvalue weighted by Crippen LogP contribution is -2.30. The van der Waals surface area contributed by atoms with Crippen molar-refractivity contribution in [3.8, 4) is 5.69 Å². The van der Waals surface area contributed by atoms with E-state index in [9.17, 15) is 0 Å². The number of benzene rings is 1. The first-order valence-corrected chi connectivity index (χ1v) is 8.71. The third-order valence-corrected chi connectivity index (χ3v) is 4.71. The number of allylic oxidation sites excluding steroid dienone is 1. The van der Waals surface area contributed by atoms with Gasteiger partial charge in [0, 0.05) is 18.4 Å². The van der Waals surface area contributed by atoms with Gasteiger partial charge in [-0.05, 0) is 44.9 Å². The molecule has 2 aromatic heterocycles. The van der Waals surface area contributed by atoms with E-state index < -0.39 is 0 Å².